The number of ether oxygens (including phenoxy) is 1. The van der Waals surface area contributed by atoms with Crippen molar-refractivity contribution in [1.29, 1.82) is 0 Å². The van der Waals surface area contributed by atoms with Crippen LogP contribution in [0.15, 0.2) is 5.51 Å². The van der Waals surface area contributed by atoms with Gasteiger partial charge in [0.2, 0.25) is 0 Å². The van der Waals surface area contributed by atoms with Crippen LogP contribution in [0.5, 0.6) is 0 Å². The van der Waals surface area contributed by atoms with Crippen LogP contribution in [0.3, 0.4) is 0 Å². The Morgan fingerprint density at radius 3 is 2.41 bits per heavy atom. The van der Waals surface area contributed by atoms with Gasteiger partial charge in [-0.2, -0.15) is 0 Å². The minimum atomic E-state index is -0.478. The molecule has 1 aromatic rings. The molecule has 1 amide bonds. The number of hydrogen-bond acceptors (Lipinski definition) is 5. The molecule has 0 unspecified atom stereocenters. The fourth-order valence-corrected chi connectivity index (χ4v) is 2.65. The molecule has 5 nitrogen and oxygen atoms in total. The number of carbonyl (C=O) groups excluding carboxylic acids is 1. The van der Waals surface area contributed by atoms with E-state index < -0.39 is 5.60 Å². The van der Waals surface area contributed by atoms with Gasteiger partial charge in [-0.1, -0.05) is 0 Å². The SMILES string of the molecule is Cc1ncsc1CNCCN(C(=O)OC(C)(C)C)C(C)(C)C. The maximum atomic E-state index is 12.4. The van der Waals surface area contributed by atoms with Crippen molar-refractivity contribution in [2.75, 3.05) is 13.1 Å². The van der Waals surface area contributed by atoms with E-state index in [1.165, 1.54) is 4.88 Å². The Kier molecular flexibility index (Phi) is 6.38. The zero-order chi connectivity index (χ0) is 17.0. The average molecular weight is 327 g/mol. The van der Waals surface area contributed by atoms with Crippen LogP contribution in [0.25, 0.3) is 0 Å². The molecule has 0 bridgehead atoms. The number of nitrogens with one attached hydrogen (secondary N) is 1. The highest BCUT2D eigenvalue weighted by Gasteiger charge is 2.30. The summed E-state index contributed by atoms with van der Waals surface area (Å²) in [5.41, 5.74) is 2.17. The summed E-state index contributed by atoms with van der Waals surface area (Å²) in [6.45, 7) is 15.8. The first kappa shape index (κ1) is 18.9. The van der Waals surface area contributed by atoms with Gasteiger partial charge in [0.15, 0.2) is 0 Å². The van der Waals surface area contributed by atoms with Gasteiger partial charge in [0.1, 0.15) is 5.60 Å². The van der Waals surface area contributed by atoms with Gasteiger partial charge in [0.05, 0.1) is 11.2 Å². The van der Waals surface area contributed by atoms with Crippen LogP contribution >= 0.6 is 11.3 Å². The molecule has 126 valence electrons. The summed E-state index contributed by atoms with van der Waals surface area (Å²) in [5.74, 6) is 0. The third-order valence-electron chi connectivity index (χ3n) is 3.07. The van der Waals surface area contributed by atoms with Crippen LogP contribution in [-0.2, 0) is 11.3 Å². The fraction of sp³-hybridized carbons (Fsp3) is 0.750. The Bertz CT molecular complexity index is 486. The molecule has 0 radical (unpaired) electrons. The quantitative estimate of drug-likeness (QED) is 0.840. The van der Waals surface area contributed by atoms with Gasteiger partial charge in [-0.3, -0.25) is 0 Å². The van der Waals surface area contributed by atoms with Crippen molar-refractivity contribution in [3.05, 3.63) is 16.1 Å². The van der Waals surface area contributed by atoms with E-state index in [2.05, 4.69) is 10.3 Å². The van der Waals surface area contributed by atoms with E-state index >= 15 is 0 Å². The average Bonchev–Trinajstić information content (AvgIpc) is 2.70. The second-order valence-corrected chi connectivity index (χ2v) is 8.28. The molecule has 0 fully saturated rings. The number of aromatic nitrogens is 1. The van der Waals surface area contributed by atoms with Crippen molar-refractivity contribution in [3.63, 3.8) is 0 Å². The lowest BCUT2D eigenvalue weighted by atomic mass is 10.1. The van der Waals surface area contributed by atoms with E-state index in [0.29, 0.717) is 13.1 Å². The third kappa shape index (κ3) is 6.32. The van der Waals surface area contributed by atoms with Crippen LogP contribution in [0.4, 0.5) is 4.79 Å². The summed E-state index contributed by atoms with van der Waals surface area (Å²) in [6.07, 6.45) is -0.268. The number of hydrogen-bond donors (Lipinski definition) is 1. The van der Waals surface area contributed by atoms with Crippen molar-refractivity contribution < 1.29 is 9.53 Å². The highest BCUT2D eigenvalue weighted by atomic mass is 32.1. The smallest absolute Gasteiger partial charge is 0.410 e. The summed E-state index contributed by atoms with van der Waals surface area (Å²) in [6, 6.07) is 0. The molecule has 0 atom stereocenters. The Balaban J connectivity index is 2.52. The third-order valence-corrected chi connectivity index (χ3v) is 4.00. The molecule has 0 saturated carbocycles. The molecule has 0 spiro atoms. The largest absolute Gasteiger partial charge is 0.444 e. The van der Waals surface area contributed by atoms with E-state index in [4.69, 9.17) is 4.74 Å². The highest BCUT2D eigenvalue weighted by Crippen LogP contribution is 2.18. The van der Waals surface area contributed by atoms with Gasteiger partial charge in [0, 0.05) is 30.1 Å². The zero-order valence-electron chi connectivity index (χ0n) is 14.8. The van der Waals surface area contributed by atoms with Crippen LogP contribution in [0, 0.1) is 6.92 Å². The number of thiazole rings is 1. The lowest BCUT2D eigenvalue weighted by Crippen LogP contribution is -2.50. The lowest BCUT2D eigenvalue weighted by Gasteiger charge is -2.36. The summed E-state index contributed by atoms with van der Waals surface area (Å²) in [4.78, 5) is 19.6. The van der Waals surface area contributed by atoms with Crippen LogP contribution in [0.2, 0.25) is 0 Å². The molecule has 0 aromatic carbocycles. The standard InChI is InChI=1S/C16H29N3O2S/c1-12-13(22-11-18-12)10-17-8-9-19(15(2,3)4)14(20)21-16(5,6)7/h11,17H,8-10H2,1-7H3. The lowest BCUT2D eigenvalue weighted by molar-refractivity contribution is 0.00663. The van der Waals surface area contributed by atoms with Crippen LogP contribution < -0.4 is 5.32 Å². The first-order valence-electron chi connectivity index (χ1n) is 7.61. The summed E-state index contributed by atoms with van der Waals surface area (Å²) >= 11 is 1.65. The Hall–Kier alpha value is -1.14. The molecule has 1 aromatic heterocycles. The zero-order valence-corrected chi connectivity index (χ0v) is 15.6. The van der Waals surface area contributed by atoms with Gasteiger partial charge in [-0.15, -0.1) is 11.3 Å². The number of carbonyl (C=O) groups is 1. The maximum Gasteiger partial charge on any atom is 0.410 e. The summed E-state index contributed by atoms with van der Waals surface area (Å²) in [7, 11) is 0. The van der Waals surface area contributed by atoms with E-state index in [-0.39, 0.29) is 11.6 Å². The molecular formula is C16H29N3O2S. The predicted octanol–water partition coefficient (Wildman–Crippen LogP) is 3.58. The van der Waals surface area contributed by atoms with Crippen molar-refractivity contribution in [3.8, 4) is 0 Å². The maximum absolute atomic E-state index is 12.4. The molecule has 1 N–H and O–H groups in total. The Morgan fingerprint density at radius 1 is 1.32 bits per heavy atom. The second-order valence-electron chi connectivity index (χ2n) is 7.34. The Labute approximate surface area is 138 Å². The van der Waals surface area contributed by atoms with Gasteiger partial charge < -0.3 is 15.0 Å². The molecule has 0 aliphatic rings. The topological polar surface area (TPSA) is 54.5 Å². The minimum Gasteiger partial charge on any atom is -0.444 e. The van der Waals surface area contributed by atoms with Crippen molar-refractivity contribution >= 4 is 17.4 Å². The van der Waals surface area contributed by atoms with E-state index in [9.17, 15) is 4.79 Å². The number of aryl methyl sites for hydroxylation is 1. The van der Waals surface area contributed by atoms with Crippen LogP contribution in [0.1, 0.15) is 52.1 Å². The second kappa shape index (κ2) is 7.42. The Morgan fingerprint density at radius 2 is 1.95 bits per heavy atom. The molecular weight excluding hydrogens is 298 g/mol. The monoisotopic (exact) mass is 327 g/mol. The molecule has 1 heterocycles. The van der Waals surface area contributed by atoms with E-state index in [1.54, 1.807) is 16.2 Å². The van der Waals surface area contributed by atoms with E-state index in [0.717, 1.165) is 12.2 Å². The molecule has 22 heavy (non-hydrogen) atoms. The van der Waals surface area contributed by atoms with Gasteiger partial charge in [-0.25, -0.2) is 9.78 Å². The van der Waals surface area contributed by atoms with Crippen molar-refractivity contribution in [2.24, 2.45) is 0 Å². The first-order valence-corrected chi connectivity index (χ1v) is 8.49. The summed E-state index contributed by atoms with van der Waals surface area (Å²) < 4.78 is 5.50. The number of rotatable bonds is 5. The normalized spacial score (nSPS) is 12.3. The molecule has 0 saturated heterocycles. The van der Waals surface area contributed by atoms with Gasteiger partial charge >= 0.3 is 6.09 Å². The molecule has 1 rings (SSSR count). The molecule has 0 aliphatic heterocycles. The summed E-state index contributed by atoms with van der Waals surface area (Å²) in [5, 5.41) is 3.37. The molecule has 6 heteroatoms. The number of amides is 1. The first-order chi connectivity index (χ1) is 10.0. The minimum absolute atomic E-state index is 0.268. The van der Waals surface area contributed by atoms with Crippen molar-refractivity contribution in [1.82, 2.24) is 15.2 Å². The number of nitrogens with zero attached hydrogens (tertiary/aromatic N) is 2. The fourth-order valence-electron chi connectivity index (χ4n) is 1.91. The van der Waals surface area contributed by atoms with Crippen molar-refractivity contribution in [2.45, 2.75) is 66.2 Å². The van der Waals surface area contributed by atoms with Gasteiger partial charge in [0.25, 0.3) is 0 Å². The van der Waals surface area contributed by atoms with Crippen LogP contribution in [-0.4, -0.2) is 40.2 Å². The predicted molar refractivity (Wildman–Crippen MR) is 91.3 cm³/mol. The highest BCUT2D eigenvalue weighted by molar-refractivity contribution is 7.09. The van der Waals surface area contributed by atoms with E-state index in [1.807, 2.05) is 54.0 Å². The molecule has 0 aliphatic carbocycles. The van der Waals surface area contributed by atoms with Gasteiger partial charge in [-0.05, 0) is 48.5 Å².